The lowest BCUT2D eigenvalue weighted by Crippen LogP contribution is -2.19. The maximum Gasteiger partial charge on any atom is 0.191 e. The molecular weight excluding hydrogens is 238 g/mol. The zero-order valence-corrected chi connectivity index (χ0v) is 10.7. The van der Waals surface area contributed by atoms with Gasteiger partial charge in [0, 0.05) is 6.54 Å². The fraction of sp³-hybridized carbons (Fsp3) is 0.214. The molecule has 5 heteroatoms. The lowest BCUT2D eigenvalue weighted by molar-refractivity contribution is 0.548. The summed E-state index contributed by atoms with van der Waals surface area (Å²) in [5, 5.41) is 19.9. The fourth-order valence-electron chi connectivity index (χ4n) is 2.15. The summed E-state index contributed by atoms with van der Waals surface area (Å²) in [6.45, 7) is 2.80. The standard InChI is InChI=1S/C14H15N5/c1-10(14-16-18-19-17-14)15-9-12-7-4-6-11-5-2-3-8-13(11)12/h2-8,10,15H,9H2,1H3,(H,16,17,18,19). The summed E-state index contributed by atoms with van der Waals surface area (Å²) < 4.78 is 0. The van der Waals surface area contributed by atoms with Crippen molar-refractivity contribution >= 4 is 10.8 Å². The quantitative estimate of drug-likeness (QED) is 0.748. The normalized spacial score (nSPS) is 12.7. The molecule has 2 aromatic carbocycles. The zero-order valence-electron chi connectivity index (χ0n) is 10.7. The average molecular weight is 253 g/mol. The molecule has 0 saturated heterocycles. The second-order valence-corrected chi connectivity index (χ2v) is 4.51. The number of rotatable bonds is 4. The molecule has 1 heterocycles. The van der Waals surface area contributed by atoms with E-state index in [1.807, 2.05) is 6.92 Å². The first kappa shape index (κ1) is 11.8. The minimum Gasteiger partial charge on any atom is -0.303 e. The van der Waals surface area contributed by atoms with E-state index >= 15 is 0 Å². The molecule has 0 saturated carbocycles. The number of aromatic nitrogens is 4. The molecule has 0 aliphatic carbocycles. The van der Waals surface area contributed by atoms with Crippen LogP contribution in [0.3, 0.4) is 0 Å². The first-order chi connectivity index (χ1) is 9.34. The smallest absolute Gasteiger partial charge is 0.191 e. The van der Waals surface area contributed by atoms with Crippen molar-refractivity contribution in [2.24, 2.45) is 0 Å². The van der Waals surface area contributed by atoms with E-state index in [0.717, 1.165) is 6.54 Å². The number of hydrogen-bond acceptors (Lipinski definition) is 4. The van der Waals surface area contributed by atoms with Crippen molar-refractivity contribution in [2.45, 2.75) is 19.5 Å². The maximum absolute atomic E-state index is 3.98. The van der Waals surface area contributed by atoms with Crippen molar-refractivity contribution in [3.05, 3.63) is 53.9 Å². The Hall–Kier alpha value is -2.27. The zero-order chi connectivity index (χ0) is 13.1. The molecule has 0 radical (unpaired) electrons. The van der Waals surface area contributed by atoms with Crippen LogP contribution in [-0.2, 0) is 6.54 Å². The van der Waals surface area contributed by atoms with Crippen LogP contribution in [0.5, 0.6) is 0 Å². The monoisotopic (exact) mass is 253 g/mol. The number of tetrazole rings is 1. The number of benzene rings is 2. The summed E-state index contributed by atoms with van der Waals surface area (Å²) in [5.74, 6) is 0.681. The van der Waals surface area contributed by atoms with E-state index in [0.29, 0.717) is 5.82 Å². The maximum atomic E-state index is 3.98. The minimum atomic E-state index is 0.0673. The van der Waals surface area contributed by atoms with Gasteiger partial charge in [0.15, 0.2) is 5.82 Å². The molecule has 2 N–H and O–H groups in total. The number of H-pyrrole nitrogens is 1. The average Bonchev–Trinajstić information content (AvgIpc) is 2.99. The molecule has 0 aliphatic rings. The van der Waals surface area contributed by atoms with Crippen LogP contribution >= 0.6 is 0 Å². The summed E-state index contributed by atoms with van der Waals surface area (Å²) in [6, 6.07) is 14.8. The van der Waals surface area contributed by atoms with Crippen LogP contribution in [0.2, 0.25) is 0 Å². The molecule has 19 heavy (non-hydrogen) atoms. The van der Waals surface area contributed by atoms with Crippen LogP contribution in [0.1, 0.15) is 24.4 Å². The van der Waals surface area contributed by atoms with Gasteiger partial charge in [-0.3, -0.25) is 0 Å². The Morgan fingerprint density at radius 2 is 2.00 bits per heavy atom. The highest BCUT2D eigenvalue weighted by Crippen LogP contribution is 2.19. The van der Waals surface area contributed by atoms with E-state index in [1.165, 1.54) is 16.3 Å². The molecule has 0 spiro atoms. The third kappa shape index (κ3) is 2.46. The summed E-state index contributed by atoms with van der Waals surface area (Å²) >= 11 is 0. The van der Waals surface area contributed by atoms with E-state index in [4.69, 9.17) is 0 Å². The second-order valence-electron chi connectivity index (χ2n) is 4.51. The minimum absolute atomic E-state index is 0.0673. The largest absolute Gasteiger partial charge is 0.303 e. The van der Waals surface area contributed by atoms with Crippen LogP contribution in [0.25, 0.3) is 10.8 Å². The van der Waals surface area contributed by atoms with Crippen molar-refractivity contribution in [3.8, 4) is 0 Å². The van der Waals surface area contributed by atoms with Crippen LogP contribution in [0, 0.1) is 0 Å². The molecular formula is C14H15N5. The third-order valence-corrected chi connectivity index (χ3v) is 3.23. The van der Waals surface area contributed by atoms with Crippen molar-refractivity contribution in [1.82, 2.24) is 25.9 Å². The van der Waals surface area contributed by atoms with Crippen LogP contribution < -0.4 is 5.32 Å². The van der Waals surface area contributed by atoms with Gasteiger partial charge in [0.25, 0.3) is 0 Å². The van der Waals surface area contributed by atoms with Gasteiger partial charge in [-0.25, -0.2) is 0 Å². The first-order valence-electron chi connectivity index (χ1n) is 6.28. The highest BCUT2D eigenvalue weighted by Gasteiger charge is 2.09. The van der Waals surface area contributed by atoms with Gasteiger partial charge in [-0.1, -0.05) is 47.7 Å². The molecule has 1 aromatic heterocycles. The van der Waals surface area contributed by atoms with Gasteiger partial charge >= 0.3 is 0 Å². The summed E-state index contributed by atoms with van der Waals surface area (Å²) in [6.07, 6.45) is 0. The SMILES string of the molecule is CC(NCc1cccc2ccccc12)c1nn[nH]n1. The highest BCUT2D eigenvalue weighted by molar-refractivity contribution is 5.85. The van der Waals surface area contributed by atoms with E-state index < -0.39 is 0 Å². The van der Waals surface area contributed by atoms with Crippen LogP contribution in [0.4, 0.5) is 0 Å². The number of nitrogens with zero attached hydrogens (tertiary/aromatic N) is 3. The summed E-state index contributed by atoms with van der Waals surface area (Å²) in [5.41, 5.74) is 1.27. The number of fused-ring (bicyclic) bond motifs is 1. The van der Waals surface area contributed by atoms with Gasteiger partial charge in [0.05, 0.1) is 6.04 Å². The Balaban J connectivity index is 1.79. The van der Waals surface area contributed by atoms with Crippen LogP contribution in [-0.4, -0.2) is 20.6 Å². The summed E-state index contributed by atoms with van der Waals surface area (Å²) in [7, 11) is 0. The van der Waals surface area contributed by atoms with Crippen molar-refractivity contribution < 1.29 is 0 Å². The van der Waals surface area contributed by atoms with E-state index in [9.17, 15) is 0 Å². The Morgan fingerprint density at radius 3 is 2.84 bits per heavy atom. The van der Waals surface area contributed by atoms with Crippen LogP contribution in [0.15, 0.2) is 42.5 Å². The Labute approximate surface area is 111 Å². The topological polar surface area (TPSA) is 66.5 Å². The van der Waals surface area contributed by atoms with Crippen molar-refractivity contribution in [2.75, 3.05) is 0 Å². The summed E-state index contributed by atoms with van der Waals surface area (Å²) in [4.78, 5) is 0. The van der Waals surface area contributed by atoms with Crippen molar-refractivity contribution in [1.29, 1.82) is 0 Å². The fourth-order valence-corrected chi connectivity index (χ4v) is 2.15. The van der Waals surface area contributed by atoms with Gasteiger partial charge < -0.3 is 5.32 Å². The molecule has 0 bridgehead atoms. The molecule has 1 atom stereocenters. The molecule has 0 fully saturated rings. The van der Waals surface area contributed by atoms with E-state index in [1.54, 1.807) is 0 Å². The van der Waals surface area contributed by atoms with Crippen molar-refractivity contribution in [3.63, 3.8) is 0 Å². The van der Waals surface area contributed by atoms with Gasteiger partial charge in [0.2, 0.25) is 0 Å². The molecule has 96 valence electrons. The van der Waals surface area contributed by atoms with E-state index in [2.05, 4.69) is 68.4 Å². The molecule has 0 amide bonds. The number of nitrogens with one attached hydrogen (secondary N) is 2. The van der Waals surface area contributed by atoms with Gasteiger partial charge in [-0.15, -0.1) is 10.2 Å². The molecule has 1 unspecified atom stereocenters. The molecule has 5 nitrogen and oxygen atoms in total. The third-order valence-electron chi connectivity index (χ3n) is 3.23. The van der Waals surface area contributed by atoms with Gasteiger partial charge in [-0.2, -0.15) is 5.21 Å². The predicted octanol–water partition coefficient (Wildman–Crippen LogP) is 2.20. The molecule has 0 aliphatic heterocycles. The first-order valence-corrected chi connectivity index (χ1v) is 6.28. The lowest BCUT2D eigenvalue weighted by atomic mass is 10.0. The Morgan fingerprint density at radius 1 is 1.16 bits per heavy atom. The lowest BCUT2D eigenvalue weighted by Gasteiger charge is -2.11. The number of aromatic amines is 1. The predicted molar refractivity (Wildman–Crippen MR) is 73.4 cm³/mol. The Bertz CT molecular complexity index is 657. The molecule has 3 aromatic rings. The molecule has 3 rings (SSSR count). The van der Waals surface area contributed by atoms with Gasteiger partial charge in [-0.05, 0) is 23.3 Å². The Kier molecular flexibility index (Phi) is 3.20. The van der Waals surface area contributed by atoms with E-state index in [-0.39, 0.29) is 6.04 Å². The number of hydrogen-bond donors (Lipinski definition) is 2. The van der Waals surface area contributed by atoms with Gasteiger partial charge in [0.1, 0.15) is 0 Å². The second kappa shape index (κ2) is 5.16. The highest BCUT2D eigenvalue weighted by atomic mass is 15.5.